The van der Waals surface area contributed by atoms with Crippen molar-refractivity contribution in [2.75, 3.05) is 19.6 Å². The van der Waals surface area contributed by atoms with E-state index in [9.17, 15) is 9.59 Å². The van der Waals surface area contributed by atoms with Crippen LogP contribution in [0.4, 0.5) is 0 Å². The molecule has 0 unspecified atom stereocenters. The molecular formula is C21H23N3O2. The number of hydrogen-bond donors (Lipinski definition) is 0. The molecule has 2 amide bonds. The molecule has 1 aromatic heterocycles. The van der Waals surface area contributed by atoms with Crippen molar-refractivity contribution < 1.29 is 9.59 Å². The fourth-order valence-electron chi connectivity index (χ4n) is 3.79. The van der Waals surface area contributed by atoms with Crippen LogP contribution in [-0.4, -0.2) is 46.2 Å². The summed E-state index contributed by atoms with van der Waals surface area (Å²) in [5, 5.41) is 0. The molecule has 4 rings (SSSR count). The maximum absolute atomic E-state index is 12.9. The van der Waals surface area contributed by atoms with Gasteiger partial charge >= 0.3 is 0 Å². The largest absolute Gasteiger partial charge is 0.337 e. The quantitative estimate of drug-likeness (QED) is 0.838. The molecule has 0 saturated carbocycles. The maximum atomic E-state index is 12.9. The molecule has 0 N–H and O–H groups in total. The summed E-state index contributed by atoms with van der Waals surface area (Å²) >= 11 is 0. The number of piperidine rings is 1. The molecule has 5 heteroatoms. The summed E-state index contributed by atoms with van der Waals surface area (Å²) in [7, 11) is 0. The van der Waals surface area contributed by atoms with Crippen molar-refractivity contribution in [3.63, 3.8) is 0 Å². The highest BCUT2D eigenvalue weighted by Gasteiger charge is 2.24. The van der Waals surface area contributed by atoms with Crippen LogP contribution < -0.4 is 0 Å². The molecule has 0 aliphatic carbocycles. The summed E-state index contributed by atoms with van der Waals surface area (Å²) in [4.78, 5) is 33.5. The molecule has 5 nitrogen and oxygen atoms in total. The lowest BCUT2D eigenvalue weighted by Crippen LogP contribution is -2.37. The number of aromatic nitrogens is 1. The van der Waals surface area contributed by atoms with Gasteiger partial charge in [0, 0.05) is 37.9 Å². The van der Waals surface area contributed by atoms with E-state index in [1.165, 1.54) is 17.5 Å². The van der Waals surface area contributed by atoms with Gasteiger partial charge in [-0.15, -0.1) is 0 Å². The average molecular weight is 349 g/mol. The molecule has 2 aliphatic rings. The zero-order valence-electron chi connectivity index (χ0n) is 14.9. The number of hydrogen-bond acceptors (Lipinski definition) is 3. The number of carbonyl (C=O) groups excluding carboxylic acids is 2. The van der Waals surface area contributed by atoms with Gasteiger partial charge in [-0.05, 0) is 48.9 Å². The molecule has 134 valence electrons. The molecule has 26 heavy (non-hydrogen) atoms. The van der Waals surface area contributed by atoms with E-state index >= 15 is 0 Å². The normalized spacial score (nSPS) is 16.9. The summed E-state index contributed by atoms with van der Waals surface area (Å²) in [5.74, 6) is -0.0991. The molecule has 0 radical (unpaired) electrons. The number of nitrogens with zero attached hydrogens (tertiary/aromatic N) is 3. The Morgan fingerprint density at radius 2 is 1.62 bits per heavy atom. The number of benzene rings is 1. The Hall–Kier alpha value is -2.69. The highest BCUT2D eigenvalue weighted by atomic mass is 16.2. The molecule has 1 aromatic carbocycles. The number of likely N-dealkylation sites (tertiary alicyclic amines) is 1. The van der Waals surface area contributed by atoms with Gasteiger partial charge in [0.05, 0.1) is 0 Å². The summed E-state index contributed by atoms with van der Waals surface area (Å²) in [6.45, 7) is 2.88. The summed E-state index contributed by atoms with van der Waals surface area (Å²) in [6, 6.07) is 11.6. The second-order valence-corrected chi connectivity index (χ2v) is 7.03. The Kier molecular flexibility index (Phi) is 4.69. The van der Waals surface area contributed by atoms with Crippen molar-refractivity contribution in [1.29, 1.82) is 0 Å². The van der Waals surface area contributed by atoms with E-state index in [1.54, 1.807) is 18.3 Å². The van der Waals surface area contributed by atoms with Crippen molar-refractivity contribution in [1.82, 2.24) is 14.8 Å². The molecule has 2 aliphatic heterocycles. The third-order valence-electron chi connectivity index (χ3n) is 5.29. The Labute approximate surface area is 153 Å². The minimum atomic E-state index is -0.0664. The van der Waals surface area contributed by atoms with Gasteiger partial charge in [0.1, 0.15) is 5.69 Å². The Balaban J connectivity index is 1.51. The molecule has 1 saturated heterocycles. The van der Waals surface area contributed by atoms with Crippen LogP contribution in [0.2, 0.25) is 0 Å². The summed E-state index contributed by atoms with van der Waals surface area (Å²) < 4.78 is 0. The molecule has 0 spiro atoms. The fourth-order valence-corrected chi connectivity index (χ4v) is 3.79. The number of carbonyl (C=O) groups is 2. The highest BCUT2D eigenvalue weighted by molar-refractivity contribution is 5.98. The minimum Gasteiger partial charge on any atom is -0.337 e. The monoisotopic (exact) mass is 349 g/mol. The summed E-state index contributed by atoms with van der Waals surface area (Å²) in [5.41, 5.74) is 3.42. The molecule has 1 fully saturated rings. The number of rotatable bonds is 2. The van der Waals surface area contributed by atoms with Crippen LogP contribution in [0.5, 0.6) is 0 Å². The van der Waals surface area contributed by atoms with Gasteiger partial charge < -0.3 is 9.80 Å². The molecule has 0 bridgehead atoms. The Morgan fingerprint density at radius 1 is 0.846 bits per heavy atom. The van der Waals surface area contributed by atoms with E-state index < -0.39 is 0 Å². The minimum absolute atomic E-state index is 0.0328. The first-order valence-electron chi connectivity index (χ1n) is 9.34. The molecule has 3 heterocycles. The van der Waals surface area contributed by atoms with E-state index in [-0.39, 0.29) is 11.8 Å². The highest BCUT2D eigenvalue weighted by Crippen LogP contribution is 2.21. The smallest absolute Gasteiger partial charge is 0.272 e. The van der Waals surface area contributed by atoms with E-state index in [2.05, 4.69) is 17.1 Å². The lowest BCUT2D eigenvalue weighted by Gasteiger charge is -2.29. The lowest BCUT2D eigenvalue weighted by atomic mass is 9.99. The van der Waals surface area contributed by atoms with Gasteiger partial charge in [-0.3, -0.25) is 14.6 Å². The first-order chi connectivity index (χ1) is 12.7. The zero-order valence-corrected chi connectivity index (χ0v) is 14.9. The fraction of sp³-hybridized carbons (Fsp3) is 0.381. The second kappa shape index (κ2) is 7.28. The maximum Gasteiger partial charge on any atom is 0.272 e. The van der Waals surface area contributed by atoms with Crippen LogP contribution in [0.25, 0.3) is 0 Å². The zero-order chi connectivity index (χ0) is 17.9. The number of pyridine rings is 1. The van der Waals surface area contributed by atoms with E-state index in [4.69, 9.17) is 0 Å². The van der Waals surface area contributed by atoms with Crippen molar-refractivity contribution >= 4 is 11.8 Å². The van der Waals surface area contributed by atoms with Crippen LogP contribution in [0, 0.1) is 0 Å². The summed E-state index contributed by atoms with van der Waals surface area (Å²) in [6.07, 6.45) is 5.69. The van der Waals surface area contributed by atoms with E-state index in [0.717, 1.165) is 32.4 Å². The van der Waals surface area contributed by atoms with Crippen molar-refractivity contribution in [3.8, 4) is 0 Å². The number of amides is 2. The van der Waals surface area contributed by atoms with Crippen LogP contribution in [0.1, 0.15) is 51.2 Å². The molecule has 0 atom stereocenters. The molecule has 2 aromatic rings. The van der Waals surface area contributed by atoms with Gasteiger partial charge in [-0.25, -0.2) is 0 Å². The first-order valence-corrected chi connectivity index (χ1v) is 9.34. The van der Waals surface area contributed by atoms with Gasteiger partial charge in [-0.1, -0.05) is 24.3 Å². The van der Waals surface area contributed by atoms with Gasteiger partial charge in [0.15, 0.2) is 0 Å². The predicted molar refractivity (Wildman–Crippen MR) is 98.9 cm³/mol. The van der Waals surface area contributed by atoms with E-state index in [1.807, 2.05) is 21.9 Å². The van der Waals surface area contributed by atoms with Gasteiger partial charge in [-0.2, -0.15) is 0 Å². The standard InChI is InChI=1S/C21H23N3O2/c25-20(24-13-9-16-6-2-3-7-18(16)15-24)17-8-10-22-19(14-17)21(26)23-11-4-1-5-12-23/h2-3,6-8,10,14H,1,4-5,9,11-13,15H2. The Bertz CT molecular complexity index is 828. The van der Waals surface area contributed by atoms with Crippen LogP contribution >= 0.6 is 0 Å². The molecular weight excluding hydrogens is 326 g/mol. The van der Waals surface area contributed by atoms with E-state index in [0.29, 0.717) is 24.3 Å². The van der Waals surface area contributed by atoms with Crippen molar-refractivity contribution in [2.45, 2.75) is 32.2 Å². The Morgan fingerprint density at radius 3 is 2.42 bits per heavy atom. The third kappa shape index (κ3) is 3.34. The van der Waals surface area contributed by atoms with Crippen LogP contribution in [0.15, 0.2) is 42.6 Å². The SMILES string of the molecule is O=C(c1ccnc(C(=O)N2CCCCC2)c1)N1CCc2ccccc2C1. The van der Waals surface area contributed by atoms with Gasteiger partial charge in [0.2, 0.25) is 0 Å². The van der Waals surface area contributed by atoms with Crippen molar-refractivity contribution in [3.05, 3.63) is 65.0 Å². The third-order valence-corrected chi connectivity index (χ3v) is 5.29. The van der Waals surface area contributed by atoms with Gasteiger partial charge in [0.25, 0.3) is 11.8 Å². The number of fused-ring (bicyclic) bond motifs is 1. The lowest BCUT2D eigenvalue weighted by molar-refractivity contribution is 0.0718. The van der Waals surface area contributed by atoms with Crippen LogP contribution in [0.3, 0.4) is 0 Å². The average Bonchev–Trinajstić information content (AvgIpc) is 2.73. The predicted octanol–water partition coefficient (Wildman–Crippen LogP) is 2.91. The van der Waals surface area contributed by atoms with Crippen LogP contribution in [-0.2, 0) is 13.0 Å². The second-order valence-electron chi connectivity index (χ2n) is 7.03. The first kappa shape index (κ1) is 16.8. The van der Waals surface area contributed by atoms with Crippen molar-refractivity contribution in [2.24, 2.45) is 0 Å². The topological polar surface area (TPSA) is 53.5 Å².